The summed E-state index contributed by atoms with van der Waals surface area (Å²) in [4.78, 5) is 26.4. The van der Waals surface area contributed by atoms with Crippen LogP contribution in [0.15, 0.2) is 0 Å². The van der Waals surface area contributed by atoms with Gasteiger partial charge < -0.3 is 15.0 Å². The van der Waals surface area contributed by atoms with Crippen molar-refractivity contribution in [1.29, 1.82) is 0 Å². The third-order valence-electron chi connectivity index (χ3n) is 2.74. The largest absolute Gasteiger partial charge is 0.453 e. The average molecular weight is 243 g/mol. The number of rotatable bonds is 4. The molecule has 0 radical (unpaired) electrons. The maximum absolute atomic E-state index is 11.5. The molecule has 0 atom stereocenters. The van der Waals surface area contributed by atoms with Gasteiger partial charge in [-0.15, -0.1) is 0 Å². The lowest BCUT2D eigenvalue weighted by Gasteiger charge is -2.33. The van der Waals surface area contributed by atoms with Gasteiger partial charge in [-0.25, -0.2) is 4.79 Å². The lowest BCUT2D eigenvalue weighted by Crippen LogP contribution is -2.51. The first-order valence-electron chi connectivity index (χ1n) is 5.99. The molecule has 0 unspecified atom stereocenters. The number of methoxy groups -OCH3 is 1. The summed E-state index contributed by atoms with van der Waals surface area (Å²) in [6.07, 6.45) is 0.655. The van der Waals surface area contributed by atoms with Gasteiger partial charge in [-0.3, -0.25) is 9.69 Å². The van der Waals surface area contributed by atoms with Crippen LogP contribution in [0.2, 0.25) is 0 Å². The van der Waals surface area contributed by atoms with Gasteiger partial charge in [-0.05, 0) is 6.42 Å². The molecule has 2 amide bonds. The maximum atomic E-state index is 11.5. The van der Waals surface area contributed by atoms with E-state index in [1.54, 1.807) is 4.90 Å². The van der Waals surface area contributed by atoms with Crippen LogP contribution in [0.25, 0.3) is 0 Å². The van der Waals surface area contributed by atoms with Crippen molar-refractivity contribution in [2.24, 2.45) is 0 Å². The van der Waals surface area contributed by atoms with Crippen molar-refractivity contribution in [3.8, 4) is 0 Å². The van der Waals surface area contributed by atoms with Crippen molar-refractivity contribution in [2.45, 2.75) is 13.3 Å². The summed E-state index contributed by atoms with van der Waals surface area (Å²) in [5.41, 5.74) is 0. The Hall–Kier alpha value is -1.30. The first-order valence-corrected chi connectivity index (χ1v) is 5.99. The van der Waals surface area contributed by atoms with Crippen LogP contribution < -0.4 is 5.32 Å². The van der Waals surface area contributed by atoms with E-state index < -0.39 is 0 Å². The Kier molecular flexibility index (Phi) is 5.76. The third kappa shape index (κ3) is 4.60. The van der Waals surface area contributed by atoms with Crippen LogP contribution >= 0.6 is 0 Å². The molecule has 0 bridgehead atoms. The lowest BCUT2D eigenvalue weighted by molar-refractivity contribution is -0.122. The predicted molar refractivity (Wildman–Crippen MR) is 63.7 cm³/mol. The van der Waals surface area contributed by atoms with E-state index in [4.69, 9.17) is 0 Å². The summed E-state index contributed by atoms with van der Waals surface area (Å²) in [6, 6.07) is 0. The van der Waals surface area contributed by atoms with Crippen molar-refractivity contribution in [1.82, 2.24) is 15.1 Å². The Morgan fingerprint density at radius 2 is 1.88 bits per heavy atom. The molecule has 1 aliphatic rings. The van der Waals surface area contributed by atoms with Gasteiger partial charge in [0.1, 0.15) is 0 Å². The second-order valence-corrected chi connectivity index (χ2v) is 4.08. The van der Waals surface area contributed by atoms with Gasteiger partial charge in [0.05, 0.1) is 13.7 Å². The molecule has 6 nitrogen and oxygen atoms in total. The fourth-order valence-corrected chi connectivity index (χ4v) is 1.74. The standard InChI is InChI=1S/C11H21N3O3/c1-3-4-12-10(15)9-13-5-7-14(8-6-13)11(16)17-2/h3-9H2,1-2H3,(H,12,15). The number of piperazine rings is 1. The van der Waals surface area contributed by atoms with Crippen LogP contribution in [0.3, 0.4) is 0 Å². The minimum Gasteiger partial charge on any atom is -0.453 e. The van der Waals surface area contributed by atoms with E-state index in [1.165, 1.54) is 7.11 Å². The van der Waals surface area contributed by atoms with Crippen LogP contribution in [0, 0.1) is 0 Å². The van der Waals surface area contributed by atoms with Crippen molar-refractivity contribution in [3.05, 3.63) is 0 Å². The molecule has 1 aliphatic heterocycles. The first-order chi connectivity index (χ1) is 8.17. The second kappa shape index (κ2) is 7.11. The zero-order valence-electron chi connectivity index (χ0n) is 10.6. The van der Waals surface area contributed by atoms with Gasteiger partial charge in [0.15, 0.2) is 0 Å². The van der Waals surface area contributed by atoms with E-state index in [-0.39, 0.29) is 12.0 Å². The fourth-order valence-electron chi connectivity index (χ4n) is 1.74. The zero-order valence-corrected chi connectivity index (χ0v) is 10.6. The Morgan fingerprint density at radius 3 is 2.41 bits per heavy atom. The number of carbonyl (C=O) groups is 2. The average Bonchev–Trinajstić information content (AvgIpc) is 2.36. The predicted octanol–water partition coefficient (Wildman–Crippen LogP) is -0.103. The van der Waals surface area contributed by atoms with Crippen LogP contribution in [0.1, 0.15) is 13.3 Å². The molecule has 0 aromatic rings. The van der Waals surface area contributed by atoms with Crippen LogP contribution in [-0.4, -0.2) is 68.2 Å². The normalized spacial score (nSPS) is 16.7. The van der Waals surface area contributed by atoms with E-state index in [0.717, 1.165) is 13.0 Å². The van der Waals surface area contributed by atoms with Gasteiger partial charge in [-0.2, -0.15) is 0 Å². The highest BCUT2D eigenvalue weighted by Crippen LogP contribution is 2.02. The molecule has 1 fully saturated rings. The number of amides is 2. The molecule has 0 saturated carbocycles. The Balaban J connectivity index is 2.23. The molecule has 1 saturated heterocycles. The molecule has 17 heavy (non-hydrogen) atoms. The van der Waals surface area contributed by atoms with Crippen molar-refractivity contribution < 1.29 is 14.3 Å². The van der Waals surface area contributed by atoms with Gasteiger partial charge in [0, 0.05) is 32.7 Å². The monoisotopic (exact) mass is 243 g/mol. The van der Waals surface area contributed by atoms with Gasteiger partial charge in [-0.1, -0.05) is 6.92 Å². The Morgan fingerprint density at radius 1 is 1.24 bits per heavy atom. The molecule has 6 heteroatoms. The molecule has 1 rings (SSSR count). The summed E-state index contributed by atoms with van der Waals surface area (Å²) in [5.74, 6) is 0.0540. The molecule has 0 aromatic carbocycles. The van der Waals surface area contributed by atoms with Crippen LogP contribution in [0.5, 0.6) is 0 Å². The fraction of sp³-hybridized carbons (Fsp3) is 0.818. The van der Waals surface area contributed by atoms with Crippen molar-refractivity contribution >= 4 is 12.0 Å². The van der Waals surface area contributed by atoms with Gasteiger partial charge >= 0.3 is 6.09 Å². The molecular formula is C11H21N3O3. The molecular weight excluding hydrogens is 222 g/mol. The quantitative estimate of drug-likeness (QED) is 0.749. The molecule has 1 heterocycles. The van der Waals surface area contributed by atoms with E-state index in [1.807, 2.05) is 11.8 Å². The van der Waals surface area contributed by atoms with Crippen LogP contribution in [-0.2, 0) is 9.53 Å². The van der Waals surface area contributed by atoms with Gasteiger partial charge in [0.2, 0.25) is 5.91 Å². The van der Waals surface area contributed by atoms with Crippen molar-refractivity contribution in [3.63, 3.8) is 0 Å². The van der Waals surface area contributed by atoms with E-state index in [9.17, 15) is 9.59 Å². The summed E-state index contributed by atoms with van der Waals surface area (Å²) in [5, 5.41) is 2.84. The van der Waals surface area contributed by atoms with Crippen molar-refractivity contribution in [2.75, 3.05) is 46.4 Å². The first kappa shape index (κ1) is 13.8. The molecule has 1 N–H and O–H groups in total. The number of ether oxygens (including phenoxy) is 1. The highest BCUT2D eigenvalue weighted by molar-refractivity contribution is 5.78. The zero-order chi connectivity index (χ0) is 12.7. The third-order valence-corrected chi connectivity index (χ3v) is 2.74. The highest BCUT2D eigenvalue weighted by atomic mass is 16.5. The van der Waals surface area contributed by atoms with Crippen LogP contribution in [0.4, 0.5) is 4.79 Å². The van der Waals surface area contributed by atoms with E-state index in [0.29, 0.717) is 32.7 Å². The number of nitrogens with zero attached hydrogens (tertiary/aromatic N) is 2. The maximum Gasteiger partial charge on any atom is 0.409 e. The molecule has 0 aliphatic carbocycles. The number of hydrogen-bond acceptors (Lipinski definition) is 4. The number of carbonyl (C=O) groups excluding carboxylic acids is 2. The van der Waals surface area contributed by atoms with E-state index >= 15 is 0 Å². The summed E-state index contributed by atoms with van der Waals surface area (Å²) in [6.45, 7) is 5.83. The summed E-state index contributed by atoms with van der Waals surface area (Å²) >= 11 is 0. The molecule has 0 spiro atoms. The Labute approximate surface area is 102 Å². The topological polar surface area (TPSA) is 61.9 Å². The minimum absolute atomic E-state index is 0.0540. The highest BCUT2D eigenvalue weighted by Gasteiger charge is 2.22. The lowest BCUT2D eigenvalue weighted by atomic mass is 10.3. The Bertz CT molecular complexity index is 263. The second-order valence-electron chi connectivity index (χ2n) is 4.08. The summed E-state index contributed by atoms with van der Waals surface area (Å²) < 4.78 is 4.65. The molecule has 98 valence electrons. The smallest absolute Gasteiger partial charge is 0.409 e. The number of nitrogens with one attached hydrogen (secondary N) is 1. The minimum atomic E-state index is -0.292. The molecule has 0 aromatic heterocycles. The van der Waals surface area contributed by atoms with E-state index in [2.05, 4.69) is 10.1 Å². The van der Waals surface area contributed by atoms with Gasteiger partial charge in [0.25, 0.3) is 0 Å². The number of hydrogen-bond donors (Lipinski definition) is 1. The SMILES string of the molecule is CCCNC(=O)CN1CCN(C(=O)OC)CC1. The summed E-state index contributed by atoms with van der Waals surface area (Å²) in [7, 11) is 1.38.